The topological polar surface area (TPSA) is 65.2 Å². The van der Waals surface area contributed by atoms with Gasteiger partial charge in [-0.15, -0.1) is 0 Å². The van der Waals surface area contributed by atoms with Gasteiger partial charge in [-0.3, -0.25) is 9.59 Å². The van der Waals surface area contributed by atoms with Crippen LogP contribution in [0.15, 0.2) is 60.8 Å². The summed E-state index contributed by atoms with van der Waals surface area (Å²) in [5.41, 5.74) is 3.79. The van der Waals surface area contributed by atoms with Gasteiger partial charge in [0.1, 0.15) is 0 Å². The third-order valence-corrected chi connectivity index (χ3v) is 4.36. The van der Waals surface area contributed by atoms with Crippen molar-refractivity contribution in [3.05, 3.63) is 77.5 Å². The second kappa shape index (κ2) is 8.36. The second-order valence-corrected chi connectivity index (χ2v) is 6.56. The van der Waals surface area contributed by atoms with Crippen molar-refractivity contribution in [3.63, 3.8) is 0 Å². The number of carbonyl (C=O) groups excluding carboxylic acids is 2. The lowest BCUT2D eigenvalue weighted by atomic mass is 10.1. The number of rotatable bonds is 6. The molecule has 3 aromatic rings. The van der Waals surface area contributed by atoms with E-state index in [0.717, 1.165) is 17.5 Å². The van der Waals surface area contributed by atoms with Crippen LogP contribution in [0.1, 0.15) is 21.5 Å². The molecule has 0 aliphatic carbocycles. The summed E-state index contributed by atoms with van der Waals surface area (Å²) < 4.78 is 0. The Labute approximate surface area is 158 Å². The molecule has 0 unspecified atom stereocenters. The second-order valence-electron chi connectivity index (χ2n) is 6.56. The average Bonchev–Trinajstić information content (AvgIpc) is 3.09. The minimum Gasteiger partial charge on any atom is -0.361 e. The molecule has 2 N–H and O–H groups in total. The summed E-state index contributed by atoms with van der Waals surface area (Å²) in [5.74, 6) is -0.177. The Bertz CT molecular complexity index is 969. The van der Waals surface area contributed by atoms with Crippen LogP contribution >= 0.6 is 0 Å². The van der Waals surface area contributed by atoms with E-state index in [-0.39, 0.29) is 11.8 Å². The Morgan fingerprint density at radius 3 is 2.56 bits per heavy atom. The first-order chi connectivity index (χ1) is 13.0. The van der Waals surface area contributed by atoms with Crippen molar-refractivity contribution < 1.29 is 9.59 Å². The molecule has 0 fully saturated rings. The molecule has 0 saturated carbocycles. The predicted octanol–water partition coefficient (Wildman–Crippen LogP) is 3.24. The first-order valence-electron chi connectivity index (χ1n) is 8.87. The van der Waals surface area contributed by atoms with Crippen LogP contribution in [-0.4, -0.2) is 42.3 Å². The minimum atomic E-state index is -0.136. The lowest BCUT2D eigenvalue weighted by Crippen LogP contribution is -2.23. The lowest BCUT2D eigenvalue weighted by Gasteiger charge is -2.09. The van der Waals surface area contributed by atoms with E-state index in [1.807, 2.05) is 36.5 Å². The van der Waals surface area contributed by atoms with Crippen LogP contribution in [0, 0.1) is 0 Å². The molecule has 0 radical (unpaired) electrons. The van der Waals surface area contributed by atoms with Gasteiger partial charge in [-0.1, -0.05) is 30.3 Å². The van der Waals surface area contributed by atoms with E-state index in [4.69, 9.17) is 0 Å². The van der Waals surface area contributed by atoms with Gasteiger partial charge in [0.25, 0.3) is 5.91 Å². The van der Waals surface area contributed by atoms with Crippen molar-refractivity contribution in [2.75, 3.05) is 20.6 Å². The van der Waals surface area contributed by atoms with Crippen LogP contribution in [0.2, 0.25) is 0 Å². The van der Waals surface area contributed by atoms with Crippen molar-refractivity contribution in [2.45, 2.75) is 6.42 Å². The molecular formula is C22H23N3O2. The molecule has 1 aromatic heterocycles. The van der Waals surface area contributed by atoms with E-state index in [1.165, 1.54) is 21.9 Å². The first kappa shape index (κ1) is 18.5. The minimum absolute atomic E-state index is 0.0412. The van der Waals surface area contributed by atoms with Gasteiger partial charge >= 0.3 is 0 Å². The highest BCUT2D eigenvalue weighted by Crippen LogP contribution is 2.17. The summed E-state index contributed by atoms with van der Waals surface area (Å²) in [7, 11) is 3.44. The Morgan fingerprint density at radius 1 is 1.07 bits per heavy atom. The van der Waals surface area contributed by atoms with Crippen LogP contribution in [0.3, 0.4) is 0 Å². The maximum Gasteiger partial charge on any atom is 0.253 e. The maximum atomic E-state index is 12.0. The van der Waals surface area contributed by atoms with Gasteiger partial charge in [0.05, 0.1) is 0 Å². The highest BCUT2D eigenvalue weighted by molar-refractivity contribution is 5.94. The highest BCUT2D eigenvalue weighted by Gasteiger charge is 2.06. The average molecular weight is 361 g/mol. The Morgan fingerprint density at radius 2 is 1.81 bits per heavy atom. The van der Waals surface area contributed by atoms with Gasteiger partial charge in [0.2, 0.25) is 5.91 Å². The van der Waals surface area contributed by atoms with Crippen LogP contribution in [0.4, 0.5) is 0 Å². The van der Waals surface area contributed by atoms with Crippen molar-refractivity contribution >= 4 is 28.8 Å². The molecule has 0 saturated heterocycles. The number of aromatic amines is 1. The zero-order chi connectivity index (χ0) is 19.2. The number of hydrogen-bond donors (Lipinski definition) is 2. The number of benzene rings is 2. The van der Waals surface area contributed by atoms with Gasteiger partial charge in [0, 0.05) is 49.4 Å². The third kappa shape index (κ3) is 4.64. The number of amides is 2. The largest absolute Gasteiger partial charge is 0.361 e. The van der Waals surface area contributed by atoms with Crippen LogP contribution in [0.25, 0.3) is 17.0 Å². The Hall–Kier alpha value is -3.34. The highest BCUT2D eigenvalue weighted by atomic mass is 16.2. The lowest BCUT2D eigenvalue weighted by molar-refractivity contribution is -0.116. The van der Waals surface area contributed by atoms with E-state index in [1.54, 1.807) is 32.3 Å². The van der Waals surface area contributed by atoms with E-state index >= 15 is 0 Å². The van der Waals surface area contributed by atoms with Gasteiger partial charge in [-0.2, -0.15) is 0 Å². The number of H-pyrrole nitrogens is 1. The predicted molar refractivity (Wildman–Crippen MR) is 109 cm³/mol. The zero-order valence-electron chi connectivity index (χ0n) is 15.5. The van der Waals surface area contributed by atoms with Gasteiger partial charge in [-0.25, -0.2) is 0 Å². The SMILES string of the molecule is CN(C)C(=O)c1ccc(/C=C/C(=O)NCCc2c[nH]c3ccccc23)cc1. The Kier molecular flexibility index (Phi) is 5.71. The molecule has 3 rings (SSSR count). The van der Waals surface area contributed by atoms with E-state index in [0.29, 0.717) is 12.1 Å². The van der Waals surface area contributed by atoms with Gasteiger partial charge in [0.15, 0.2) is 0 Å². The molecule has 2 amide bonds. The normalized spacial score (nSPS) is 11.0. The molecule has 5 nitrogen and oxygen atoms in total. The Balaban J connectivity index is 1.51. The number of hydrogen-bond acceptors (Lipinski definition) is 2. The maximum absolute atomic E-state index is 12.0. The number of fused-ring (bicyclic) bond motifs is 1. The van der Waals surface area contributed by atoms with E-state index in [2.05, 4.69) is 16.4 Å². The molecule has 1 heterocycles. The van der Waals surface area contributed by atoms with Gasteiger partial charge in [-0.05, 0) is 41.8 Å². The van der Waals surface area contributed by atoms with Crippen LogP contribution in [-0.2, 0) is 11.2 Å². The first-order valence-corrected chi connectivity index (χ1v) is 8.87. The van der Waals surface area contributed by atoms with E-state index in [9.17, 15) is 9.59 Å². The van der Waals surface area contributed by atoms with Crippen molar-refractivity contribution in [2.24, 2.45) is 0 Å². The molecule has 0 bridgehead atoms. The molecule has 0 spiro atoms. The number of aromatic nitrogens is 1. The summed E-state index contributed by atoms with van der Waals surface area (Å²) in [6.45, 7) is 0.571. The molecule has 0 aliphatic rings. The quantitative estimate of drug-likeness (QED) is 0.662. The molecule has 0 aliphatic heterocycles. The standard InChI is InChI=1S/C22H23N3O2/c1-25(2)22(27)17-10-7-16(8-11-17)9-12-21(26)23-14-13-18-15-24-20-6-4-3-5-19(18)20/h3-12,15,24H,13-14H2,1-2H3,(H,23,26)/b12-9+. The third-order valence-electron chi connectivity index (χ3n) is 4.36. The van der Waals surface area contributed by atoms with Crippen molar-refractivity contribution in [1.29, 1.82) is 0 Å². The van der Waals surface area contributed by atoms with Crippen LogP contribution in [0.5, 0.6) is 0 Å². The number of nitrogens with one attached hydrogen (secondary N) is 2. The zero-order valence-corrected chi connectivity index (χ0v) is 15.5. The summed E-state index contributed by atoms with van der Waals surface area (Å²) in [6.07, 6.45) is 6.01. The summed E-state index contributed by atoms with van der Waals surface area (Å²) in [5, 5.41) is 4.09. The fourth-order valence-electron chi connectivity index (χ4n) is 2.88. The fraction of sp³-hybridized carbons (Fsp3) is 0.182. The molecule has 138 valence electrons. The summed E-state index contributed by atoms with van der Waals surface area (Å²) in [4.78, 5) is 28.6. The molecule has 0 atom stereocenters. The van der Waals surface area contributed by atoms with Crippen molar-refractivity contribution in [1.82, 2.24) is 15.2 Å². The molecule has 5 heteroatoms. The fourth-order valence-corrected chi connectivity index (χ4v) is 2.88. The molecule has 2 aromatic carbocycles. The van der Waals surface area contributed by atoms with Crippen molar-refractivity contribution in [3.8, 4) is 0 Å². The molecule has 27 heavy (non-hydrogen) atoms. The smallest absolute Gasteiger partial charge is 0.253 e. The summed E-state index contributed by atoms with van der Waals surface area (Å²) in [6, 6.07) is 15.3. The number of carbonyl (C=O) groups is 2. The van der Waals surface area contributed by atoms with Crippen LogP contribution < -0.4 is 5.32 Å². The van der Waals surface area contributed by atoms with E-state index < -0.39 is 0 Å². The summed E-state index contributed by atoms with van der Waals surface area (Å²) >= 11 is 0. The monoisotopic (exact) mass is 361 g/mol. The number of nitrogens with zero attached hydrogens (tertiary/aromatic N) is 1. The van der Waals surface area contributed by atoms with Gasteiger partial charge < -0.3 is 15.2 Å². The number of para-hydroxylation sites is 1. The molecular weight excluding hydrogens is 338 g/mol.